The Hall–Kier alpha value is -3.82. The van der Waals surface area contributed by atoms with Crippen LogP contribution >= 0.6 is 0 Å². The molecule has 22 nitrogen and oxygen atoms in total. The first kappa shape index (κ1) is 41.8. The van der Waals surface area contributed by atoms with Gasteiger partial charge in [-0.25, -0.2) is 0 Å². The van der Waals surface area contributed by atoms with Gasteiger partial charge in [0.25, 0.3) is 0 Å². The number of aliphatic hydroxyl groups is 10. The predicted octanol–water partition coefficient (Wildman–Crippen LogP) is -4.54. The lowest BCUT2D eigenvalue weighted by Gasteiger charge is -2.44. The molecule has 16 unspecified atom stereocenters. The zero-order valence-electron chi connectivity index (χ0n) is 29.3. The summed E-state index contributed by atoms with van der Waals surface area (Å²) in [6, 6.07) is 4.57. The van der Waals surface area contributed by atoms with Crippen molar-refractivity contribution < 1.29 is 109 Å². The third-order valence-electron chi connectivity index (χ3n) is 9.78. The largest absolute Gasteiger partial charge is 0.508 e. The maximum absolute atomic E-state index is 10.9. The van der Waals surface area contributed by atoms with Gasteiger partial charge >= 0.3 is 0 Å². The van der Waals surface area contributed by atoms with Gasteiger partial charge in [-0.3, -0.25) is 0 Å². The van der Waals surface area contributed by atoms with Crippen LogP contribution in [0.5, 0.6) is 34.5 Å². The van der Waals surface area contributed by atoms with Gasteiger partial charge in [0.05, 0.1) is 32.5 Å². The molecule has 3 saturated heterocycles. The van der Waals surface area contributed by atoms with Crippen molar-refractivity contribution in [2.45, 2.75) is 98.2 Å². The van der Waals surface area contributed by atoms with Gasteiger partial charge in [0, 0.05) is 17.7 Å². The average Bonchev–Trinajstić information content (AvgIpc) is 3.17. The van der Waals surface area contributed by atoms with E-state index in [4.69, 9.17) is 37.9 Å². The summed E-state index contributed by atoms with van der Waals surface area (Å²) in [7, 11) is 1.22. The van der Waals surface area contributed by atoms with E-state index in [1.165, 1.54) is 25.3 Å². The number of hydrogen-bond donors (Lipinski definition) is 14. The van der Waals surface area contributed by atoms with Crippen LogP contribution in [0.4, 0.5) is 0 Å². The quantitative estimate of drug-likeness (QED) is 0.0951. The number of ether oxygens (including phenoxy) is 8. The lowest BCUT2D eigenvalue weighted by molar-refractivity contribution is -0.341. The van der Waals surface area contributed by atoms with Gasteiger partial charge < -0.3 is 109 Å². The Morgan fingerprint density at radius 3 is 1.66 bits per heavy atom. The molecular formula is C34H44O22. The number of hydrogen-bond acceptors (Lipinski definition) is 22. The molecule has 0 aromatic heterocycles. The van der Waals surface area contributed by atoms with Gasteiger partial charge in [0.15, 0.2) is 30.2 Å². The fraction of sp³-hybridized carbons (Fsp3) is 0.588. The normalized spacial score (nSPS) is 38.6. The van der Waals surface area contributed by atoms with Crippen molar-refractivity contribution in [3.05, 3.63) is 41.2 Å². The summed E-state index contributed by atoms with van der Waals surface area (Å²) in [5.74, 6) is -2.48. The number of aromatic hydroxyl groups is 4. The summed E-state index contributed by atoms with van der Waals surface area (Å²) < 4.78 is 44.7. The van der Waals surface area contributed by atoms with Crippen molar-refractivity contribution in [1.29, 1.82) is 0 Å². The van der Waals surface area contributed by atoms with E-state index in [9.17, 15) is 71.5 Å². The van der Waals surface area contributed by atoms with E-state index >= 15 is 0 Å². The second-order valence-electron chi connectivity index (χ2n) is 13.5. The number of aliphatic hydroxyl groups excluding tert-OH is 10. The van der Waals surface area contributed by atoms with E-state index in [1.54, 1.807) is 0 Å². The minimum Gasteiger partial charge on any atom is -0.508 e. The summed E-state index contributed by atoms with van der Waals surface area (Å²) in [6.07, 6.45) is -26.3. The van der Waals surface area contributed by atoms with Crippen LogP contribution in [-0.2, 0) is 28.4 Å². The highest BCUT2D eigenvalue weighted by Crippen LogP contribution is 2.47. The number of benzene rings is 2. The van der Waals surface area contributed by atoms with Gasteiger partial charge in [-0.2, -0.15) is 0 Å². The minimum atomic E-state index is -1.95. The SMILES string of the molecule is COc1cc(C2Oc3cc(O)cc(O)c3C=C2OC2OC(COC3OC(COC4OC(CO)C(O)C(O)C4O)C(O)C(O)C3O)C(O)C(O)C2O)cc(O)c1O. The third kappa shape index (κ3) is 8.13. The van der Waals surface area contributed by atoms with Crippen molar-refractivity contribution in [1.82, 2.24) is 0 Å². The Kier molecular flexibility index (Phi) is 12.7. The first-order chi connectivity index (χ1) is 26.5. The molecule has 0 spiro atoms. The Bertz CT molecular complexity index is 1710. The molecular weight excluding hydrogens is 760 g/mol. The van der Waals surface area contributed by atoms with Crippen LogP contribution in [0, 0.1) is 0 Å². The molecule has 0 amide bonds. The smallest absolute Gasteiger partial charge is 0.228 e. The molecule has 6 rings (SSSR count). The van der Waals surface area contributed by atoms with E-state index in [0.29, 0.717) is 0 Å². The van der Waals surface area contributed by atoms with Crippen molar-refractivity contribution in [3.8, 4) is 34.5 Å². The molecule has 4 aliphatic rings. The number of phenolic OH excluding ortho intramolecular Hbond substituents is 4. The highest BCUT2D eigenvalue weighted by atomic mass is 16.7. The summed E-state index contributed by atoms with van der Waals surface area (Å²) >= 11 is 0. The zero-order chi connectivity index (χ0) is 40.7. The Labute approximate surface area is 316 Å². The Morgan fingerprint density at radius 1 is 0.589 bits per heavy atom. The predicted molar refractivity (Wildman–Crippen MR) is 178 cm³/mol. The molecule has 0 saturated carbocycles. The van der Waals surface area contributed by atoms with Crippen LogP contribution in [-0.4, -0.2) is 191 Å². The minimum absolute atomic E-state index is 0.00374. The van der Waals surface area contributed by atoms with Crippen LogP contribution in [0.2, 0.25) is 0 Å². The summed E-state index contributed by atoms with van der Waals surface area (Å²) in [5, 5.41) is 145. The van der Waals surface area contributed by atoms with Gasteiger partial charge in [-0.05, 0) is 18.2 Å². The van der Waals surface area contributed by atoms with E-state index in [0.717, 1.165) is 12.1 Å². The highest BCUT2D eigenvalue weighted by molar-refractivity contribution is 5.70. The second-order valence-corrected chi connectivity index (χ2v) is 13.5. The van der Waals surface area contributed by atoms with Gasteiger partial charge in [0.1, 0.15) is 96.3 Å². The van der Waals surface area contributed by atoms with E-state index in [1.807, 2.05) is 0 Å². The van der Waals surface area contributed by atoms with Crippen molar-refractivity contribution >= 4 is 6.08 Å². The molecule has 4 aliphatic heterocycles. The second kappa shape index (κ2) is 17.0. The maximum Gasteiger partial charge on any atom is 0.228 e. The van der Waals surface area contributed by atoms with Gasteiger partial charge in [-0.1, -0.05) is 0 Å². The fourth-order valence-electron chi connectivity index (χ4n) is 6.55. The first-order valence-corrected chi connectivity index (χ1v) is 17.2. The monoisotopic (exact) mass is 804 g/mol. The summed E-state index contributed by atoms with van der Waals surface area (Å²) in [6.45, 7) is -2.12. The molecule has 2 aromatic carbocycles. The molecule has 16 atom stereocenters. The molecule has 22 heteroatoms. The third-order valence-corrected chi connectivity index (χ3v) is 9.78. The van der Waals surface area contributed by atoms with Crippen molar-refractivity contribution in [2.24, 2.45) is 0 Å². The number of rotatable bonds is 11. The number of phenols is 4. The lowest BCUT2D eigenvalue weighted by atomic mass is 9.97. The fourth-order valence-corrected chi connectivity index (χ4v) is 6.55. The summed E-state index contributed by atoms with van der Waals surface area (Å²) in [5.41, 5.74) is 0.0981. The molecule has 4 heterocycles. The molecule has 312 valence electrons. The molecule has 56 heavy (non-hydrogen) atoms. The van der Waals surface area contributed by atoms with E-state index < -0.39 is 135 Å². The van der Waals surface area contributed by atoms with Crippen LogP contribution in [0.25, 0.3) is 6.08 Å². The van der Waals surface area contributed by atoms with E-state index in [2.05, 4.69) is 0 Å². The standard InChI is InChI=1S/C34H44O22/c1-49-16-3-10(2-14(38)21(16)39)31-17(6-12-13(37)4-11(36)5-15(12)52-31)53-34-30(48)27(45)24(42)20(56-34)9-51-33-29(47)26(44)23(41)19(55-33)8-50-32-28(46)25(43)22(40)18(7-35)54-32/h2-6,18-20,22-48H,7-9H2,1H3. The zero-order valence-corrected chi connectivity index (χ0v) is 29.3. The van der Waals surface area contributed by atoms with E-state index in [-0.39, 0.29) is 34.1 Å². The topological polar surface area (TPSA) is 357 Å². The molecule has 0 radical (unpaired) electrons. The molecule has 0 aliphatic carbocycles. The van der Waals surface area contributed by atoms with Crippen LogP contribution in [0.1, 0.15) is 17.2 Å². The van der Waals surface area contributed by atoms with Crippen LogP contribution < -0.4 is 9.47 Å². The number of fused-ring (bicyclic) bond motifs is 1. The Balaban J connectivity index is 1.17. The summed E-state index contributed by atoms with van der Waals surface area (Å²) in [4.78, 5) is 0. The van der Waals surface area contributed by atoms with Gasteiger partial charge in [0.2, 0.25) is 12.0 Å². The highest BCUT2D eigenvalue weighted by Gasteiger charge is 2.50. The molecule has 0 bridgehead atoms. The van der Waals surface area contributed by atoms with Crippen LogP contribution in [0.15, 0.2) is 30.0 Å². The van der Waals surface area contributed by atoms with Crippen LogP contribution in [0.3, 0.4) is 0 Å². The van der Waals surface area contributed by atoms with Gasteiger partial charge in [-0.15, -0.1) is 0 Å². The number of methoxy groups -OCH3 is 1. The first-order valence-electron chi connectivity index (χ1n) is 17.2. The average molecular weight is 805 g/mol. The Morgan fingerprint density at radius 2 is 1.11 bits per heavy atom. The van der Waals surface area contributed by atoms with Crippen molar-refractivity contribution in [3.63, 3.8) is 0 Å². The lowest BCUT2D eigenvalue weighted by Crippen LogP contribution is -2.62. The maximum atomic E-state index is 10.9. The molecule has 2 aromatic rings. The molecule has 14 N–H and O–H groups in total. The molecule has 3 fully saturated rings. The van der Waals surface area contributed by atoms with Crippen molar-refractivity contribution in [2.75, 3.05) is 26.9 Å².